The standard InChI is InChI=1S/C10H11Cl2NO5S/c1-10(2,9(14)15)13(19(16,17)18)7-5-3-4-6(11)8(7)12/h3-5H,1-2H3,(H,14,15)(H,16,17,18). The zero-order chi connectivity index (χ0) is 15.0. The first-order valence-electron chi connectivity index (χ1n) is 4.95. The van der Waals surface area contributed by atoms with E-state index in [0.717, 1.165) is 13.8 Å². The lowest BCUT2D eigenvalue weighted by molar-refractivity contribution is -0.141. The minimum atomic E-state index is -4.85. The van der Waals surface area contributed by atoms with E-state index in [0.29, 0.717) is 4.31 Å². The largest absolute Gasteiger partial charge is 0.479 e. The summed E-state index contributed by atoms with van der Waals surface area (Å²) in [5, 5.41) is 8.97. The number of anilines is 1. The molecule has 0 fully saturated rings. The molecule has 1 aromatic carbocycles. The maximum atomic E-state index is 11.5. The van der Waals surface area contributed by atoms with Gasteiger partial charge in [-0.25, -0.2) is 9.10 Å². The van der Waals surface area contributed by atoms with Crippen LogP contribution in [0.2, 0.25) is 10.0 Å². The highest BCUT2D eigenvalue weighted by atomic mass is 35.5. The molecule has 6 nitrogen and oxygen atoms in total. The van der Waals surface area contributed by atoms with E-state index in [4.69, 9.17) is 28.3 Å². The molecule has 0 bridgehead atoms. The van der Waals surface area contributed by atoms with Crippen LogP contribution in [0, 0.1) is 0 Å². The van der Waals surface area contributed by atoms with Crippen molar-refractivity contribution in [3.63, 3.8) is 0 Å². The fourth-order valence-electron chi connectivity index (χ4n) is 1.45. The van der Waals surface area contributed by atoms with Crippen LogP contribution < -0.4 is 4.31 Å². The van der Waals surface area contributed by atoms with Crippen LogP contribution in [-0.4, -0.2) is 29.6 Å². The van der Waals surface area contributed by atoms with Crippen molar-refractivity contribution in [1.29, 1.82) is 0 Å². The van der Waals surface area contributed by atoms with Gasteiger partial charge < -0.3 is 5.11 Å². The van der Waals surface area contributed by atoms with Gasteiger partial charge in [0.2, 0.25) is 0 Å². The molecule has 2 N–H and O–H groups in total. The van der Waals surface area contributed by atoms with Crippen LogP contribution in [-0.2, 0) is 15.1 Å². The smallest absolute Gasteiger partial charge is 0.361 e. The summed E-state index contributed by atoms with van der Waals surface area (Å²) < 4.78 is 32.5. The van der Waals surface area contributed by atoms with E-state index in [9.17, 15) is 17.8 Å². The van der Waals surface area contributed by atoms with Gasteiger partial charge in [0.05, 0.1) is 15.7 Å². The molecule has 0 atom stereocenters. The summed E-state index contributed by atoms with van der Waals surface area (Å²) in [7, 11) is -4.85. The van der Waals surface area contributed by atoms with E-state index >= 15 is 0 Å². The number of benzene rings is 1. The number of carboxylic acids is 1. The fourth-order valence-corrected chi connectivity index (χ4v) is 2.94. The second-order valence-corrected chi connectivity index (χ2v) is 6.23. The van der Waals surface area contributed by atoms with E-state index < -0.39 is 21.8 Å². The van der Waals surface area contributed by atoms with Gasteiger partial charge in [-0.2, -0.15) is 8.42 Å². The lowest BCUT2D eigenvalue weighted by Crippen LogP contribution is -2.53. The lowest BCUT2D eigenvalue weighted by atomic mass is 10.1. The molecule has 0 saturated carbocycles. The molecule has 1 aromatic rings. The molecule has 0 unspecified atom stereocenters. The summed E-state index contributed by atoms with van der Waals surface area (Å²) in [5.41, 5.74) is -2.16. The third-order valence-electron chi connectivity index (χ3n) is 2.41. The van der Waals surface area contributed by atoms with Crippen molar-refractivity contribution in [3.8, 4) is 0 Å². The minimum Gasteiger partial charge on any atom is -0.479 e. The quantitative estimate of drug-likeness (QED) is 0.828. The van der Waals surface area contributed by atoms with Gasteiger partial charge in [0.25, 0.3) is 0 Å². The summed E-state index contributed by atoms with van der Waals surface area (Å²) >= 11 is 11.6. The highest BCUT2D eigenvalue weighted by molar-refractivity contribution is 7.87. The molecular weight excluding hydrogens is 317 g/mol. The van der Waals surface area contributed by atoms with Crippen molar-refractivity contribution in [2.45, 2.75) is 19.4 Å². The summed E-state index contributed by atoms with van der Waals surface area (Å²) in [6, 6.07) is 4.04. The van der Waals surface area contributed by atoms with Gasteiger partial charge in [-0.15, -0.1) is 0 Å². The number of hydrogen-bond acceptors (Lipinski definition) is 3. The first-order chi connectivity index (χ1) is 8.49. The molecule has 106 valence electrons. The first kappa shape index (κ1) is 16.0. The molecule has 9 heteroatoms. The highest BCUT2D eigenvalue weighted by Crippen LogP contribution is 2.37. The molecular formula is C10H11Cl2NO5S. The SMILES string of the molecule is CC(C)(C(=O)O)N(c1cccc(Cl)c1Cl)S(=O)(=O)O. The fraction of sp³-hybridized carbons (Fsp3) is 0.300. The van der Waals surface area contributed by atoms with Crippen molar-refractivity contribution < 1.29 is 22.9 Å². The molecule has 0 aromatic heterocycles. The van der Waals surface area contributed by atoms with Crippen LogP contribution in [0.1, 0.15) is 13.8 Å². The van der Waals surface area contributed by atoms with Gasteiger partial charge in [-0.3, -0.25) is 4.55 Å². The Morgan fingerprint density at radius 1 is 1.32 bits per heavy atom. The molecule has 0 spiro atoms. The Hall–Kier alpha value is -1.02. The van der Waals surface area contributed by atoms with Crippen LogP contribution in [0.15, 0.2) is 18.2 Å². The molecule has 0 saturated heterocycles. The van der Waals surface area contributed by atoms with E-state index in [1.165, 1.54) is 18.2 Å². The topological polar surface area (TPSA) is 94.9 Å². The predicted molar refractivity (Wildman–Crippen MR) is 72.2 cm³/mol. The Kier molecular flexibility index (Phi) is 4.36. The maximum absolute atomic E-state index is 11.5. The Bertz CT molecular complexity index is 614. The Morgan fingerprint density at radius 2 is 1.84 bits per heavy atom. The molecule has 19 heavy (non-hydrogen) atoms. The van der Waals surface area contributed by atoms with Crippen molar-refractivity contribution in [2.75, 3.05) is 4.31 Å². The van der Waals surface area contributed by atoms with E-state index in [-0.39, 0.29) is 15.7 Å². The third-order valence-corrected chi connectivity index (χ3v) is 4.34. The van der Waals surface area contributed by atoms with E-state index in [2.05, 4.69) is 0 Å². The van der Waals surface area contributed by atoms with Crippen LogP contribution in [0.4, 0.5) is 5.69 Å². The zero-order valence-electron chi connectivity index (χ0n) is 9.96. The molecule has 0 aliphatic rings. The van der Waals surface area contributed by atoms with Gasteiger partial charge in [-0.05, 0) is 26.0 Å². The molecule has 0 aliphatic carbocycles. The van der Waals surface area contributed by atoms with Crippen LogP contribution >= 0.6 is 23.2 Å². The second-order valence-electron chi connectivity index (χ2n) is 4.18. The number of rotatable bonds is 4. The molecule has 0 radical (unpaired) electrons. The van der Waals surface area contributed by atoms with Gasteiger partial charge in [0, 0.05) is 0 Å². The van der Waals surface area contributed by atoms with Crippen molar-refractivity contribution in [1.82, 2.24) is 0 Å². The third kappa shape index (κ3) is 3.11. The number of carbonyl (C=O) groups is 1. The van der Waals surface area contributed by atoms with Crippen molar-refractivity contribution in [3.05, 3.63) is 28.2 Å². The number of hydrogen-bond donors (Lipinski definition) is 2. The van der Waals surface area contributed by atoms with Gasteiger partial charge in [0.1, 0.15) is 5.54 Å². The number of aliphatic carboxylic acids is 1. The van der Waals surface area contributed by atoms with Crippen LogP contribution in [0.5, 0.6) is 0 Å². The minimum absolute atomic E-state index is 0.0361. The predicted octanol–water partition coefficient (Wildman–Crippen LogP) is 2.47. The normalized spacial score (nSPS) is 12.3. The Morgan fingerprint density at radius 3 is 2.26 bits per heavy atom. The Balaban J connectivity index is 3.61. The maximum Gasteiger partial charge on any atom is 0.361 e. The second kappa shape index (κ2) is 5.16. The summed E-state index contributed by atoms with van der Waals surface area (Å²) in [4.78, 5) is 11.2. The molecule has 0 amide bonds. The average molecular weight is 328 g/mol. The molecule has 0 aliphatic heterocycles. The van der Waals surface area contributed by atoms with Crippen molar-refractivity contribution in [2.24, 2.45) is 0 Å². The summed E-state index contributed by atoms with van der Waals surface area (Å²) in [6.45, 7) is 2.22. The van der Waals surface area contributed by atoms with E-state index in [1.54, 1.807) is 0 Å². The number of nitrogens with zero attached hydrogens (tertiary/aromatic N) is 1. The number of carboxylic acid groups (broad SMARTS) is 1. The van der Waals surface area contributed by atoms with Gasteiger partial charge in [0.15, 0.2) is 0 Å². The zero-order valence-corrected chi connectivity index (χ0v) is 12.3. The van der Waals surface area contributed by atoms with Crippen LogP contribution in [0.25, 0.3) is 0 Å². The molecule has 0 heterocycles. The van der Waals surface area contributed by atoms with Crippen molar-refractivity contribution >= 4 is 45.2 Å². The monoisotopic (exact) mass is 327 g/mol. The first-order valence-corrected chi connectivity index (χ1v) is 7.10. The lowest BCUT2D eigenvalue weighted by Gasteiger charge is -2.34. The van der Waals surface area contributed by atoms with Gasteiger partial charge in [-0.1, -0.05) is 29.3 Å². The summed E-state index contributed by atoms with van der Waals surface area (Å²) in [6.07, 6.45) is 0. The van der Waals surface area contributed by atoms with E-state index in [1.807, 2.05) is 0 Å². The average Bonchev–Trinajstić information content (AvgIpc) is 2.22. The number of halogens is 2. The van der Waals surface area contributed by atoms with Crippen LogP contribution in [0.3, 0.4) is 0 Å². The Labute approximate surface area is 120 Å². The highest BCUT2D eigenvalue weighted by Gasteiger charge is 2.43. The van der Waals surface area contributed by atoms with Gasteiger partial charge >= 0.3 is 16.3 Å². The molecule has 1 rings (SSSR count). The summed E-state index contributed by atoms with van der Waals surface area (Å²) in [5.74, 6) is -1.46.